The highest BCUT2D eigenvalue weighted by Gasteiger charge is 2.03. The van der Waals surface area contributed by atoms with Gasteiger partial charge in [-0.3, -0.25) is 4.79 Å². The standard InChI is InChI=1S/C17H20FN3O/c1-21(2)16-9-7-14(8-10-16)19-12-11-17(22)20-15-5-3-13(18)4-6-15/h3-10,19H,11-12H2,1-2H3,(H,20,22). The van der Waals surface area contributed by atoms with Crippen molar-refractivity contribution in [1.82, 2.24) is 0 Å². The Morgan fingerprint density at radius 1 is 1.00 bits per heavy atom. The number of nitrogens with one attached hydrogen (secondary N) is 2. The molecular weight excluding hydrogens is 281 g/mol. The molecule has 0 saturated heterocycles. The van der Waals surface area contributed by atoms with Gasteiger partial charge in [-0.2, -0.15) is 0 Å². The highest BCUT2D eigenvalue weighted by Crippen LogP contribution is 2.15. The van der Waals surface area contributed by atoms with Crippen LogP contribution in [0.5, 0.6) is 0 Å². The molecule has 0 unspecified atom stereocenters. The largest absolute Gasteiger partial charge is 0.385 e. The fraction of sp³-hybridized carbons (Fsp3) is 0.235. The molecule has 2 aromatic carbocycles. The van der Waals surface area contributed by atoms with E-state index in [2.05, 4.69) is 10.6 Å². The molecule has 0 heterocycles. The number of carbonyl (C=O) groups excluding carboxylic acids is 1. The maximum Gasteiger partial charge on any atom is 0.226 e. The highest BCUT2D eigenvalue weighted by atomic mass is 19.1. The van der Waals surface area contributed by atoms with Crippen LogP contribution in [-0.2, 0) is 4.79 Å². The van der Waals surface area contributed by atoms with Crippen molar-refractivity contribution in [3.05, 3.63) is 54.3 Å². The molecular formula is C17H20FN3O. The lowest BCUT2D eigenvalue weighted by atomic mass is 10.2. The summed E-state index contributed by atoms with van der Waals surface area (Å²) in [6.07, 6.45) is 0.340. The van der Waals surface area contributed by atoms with Crippen molar-refractivity contribution < 1.29 is 9.18 Å². The summed E-state index contributed by atoms with van der Waals surface area (Å²) < 4.78 is 12.8. The van der Waals surface area contributed by atoms with E-state index < -0.39 is 0 Å². The van der Waals surface area contributed by atoms with Crippen molar-refractivity contribution >= 4 is 23.0 Å². The van der Waals surface area contributed by atoms with Crippen molar-refractivity contribution in [3.63, 3.8) is 0 Å². The summed E-state index contributed by atoms with van der Waals surface area (Å²) in [5, 5.41) is 5.92. The van der Waals surface area contributed by atoms with Gasteiger partial charge in [-0.05, 0) is 48.5 Å². The second-order valence-electron chi connectivity index (χ2n) is 5.17. The van der Waals surface area contributed by atoms with E-state index in [0.717, 1.165) is 11.4 Å². The summed E-state index contributed by atoms with van der Waals surface area (Å²) in [6.45, 7) is 0.536. The van der Waals surface area contributed by atoms with Crippen molar-refractivity contribution in [2.24, 2.45) is 0 Å². The SMILES string of the molecule is CN(C)c1ccc(NCCC(=O)Nc2ccc(F)cc2)cc1. The summed E-state index contributed by atoms with van der Waals surface area (Å²) in [5.41, 5.74) is 2.70. The molecule has 0 atom stereocenters. The fourth-order valence-corrected chi connectivity index (χ4v) is 1.95. The second kappa shape index (κ2) is 7.45. The molecule has 0 spiro atoms. The predicted molar refractivity (Wildman–Crippen MR) is 88.9 cm³/mol. The number of carbonyl (C=O) groups is 1. The van der Waals surface area contributed by atoms with Gasteiger partial charge < -0.3 is 15.5 Å². The zero-order chi connectivity index (χ0) is 15.9. The molecule has 1 amide bonds. The van der Waals surface area contributed by atoms with E-state index in [1.54, 1.807) is 12.1 Å². The Hall–Kier alpha value is -2.56. The average molecular weight is 301 g/mol. The zero-order valence-electron chi connectivity index (χ0n) is 12.8. The molecule has 0 radical (unpaired) electrons. The maximum absolute atomic E-state index is 12.8. The van der Waals surface area contributed by atoms with Crippen LogP contribution in [0, 0.1) is 5.82 Å². The van der Waals surface area contributed by atoms with Gasteiger partial charge in [-0.15, -0.1) is 0 Å². The van der Waals surface area contributed by atoms with Gasteiger partial charge in [0, 0.05) is 44.1 Å². The van der Waals surface area contributed by atoms with Crippen molar-refractivity contribution in [3.8, 4) is 0 Å². The van der Waals surface area contributed by atoms with Gasteiger partial charge in [0.25, 0.3) is 0 Å². The lowest BCUT2D eigenvalue weighted by Gasteiger charge is -2.13. The second-order valence-corrected chi connectivity index (χ2v) is 5.17. The van der Waals surface area contributed by atoms with E-state index in [4.69, 9.17) is 0 Å². The minimum absolute atomic E-state index is 0.107. The van der Waals surface area contributed by atoms with Gasteiger partial charge >= 0.3 is 0 Å². The van der Waals surface area contributed by atoms with Gasteiger partial charge in [-0.25, -0.2) is 4.39 Å². The van der Waals surface area contributed by atoms with E-state index >= 15 is 0 Å². The average Bonchev–Trinajstić information content (AvgIpc) is 2.50. The molecule has 5 heteroatoms. The molecule has 0 saturated carbocycles. The van der Waals surface area contributed by atoms with Crippen molar-refractivity contribution in [2.45, 2.75) is 6.42 Å². The van der Waals surface area contributed by atoms with Crippen LogP contribution < -0.4 is 15.5 Å². The number of rotatable bonds is 6. The Labute approximate surface area is 129 Å². The van der Waals surface area contributed by atoms with Crippen LogP contribution in [0.25, 0.3) is 0 Å². The van der Waals surface area contributed by atoms with Crippen LogP contribution in [0.4, 0.5) is 21.5 Å². The minimum Gasteiger partial charge on any atom is -0.385 e. The number of hydrogen-bond acceptors (Lipinski definition) is 3. The summed E-state index contributed by atoms with van der Waals surface area (Å²) in [4.78, 5) is 13.8. The first-order chi connectivity index (χ1) is 10.5. The molecule has 2 aromatic rings. The first-order valence-corrected chi connectivity index (χ1v) is 7.11. The molecule has 0 aromatic heterocycles. The van der Waals surface area contributed by atoms with E-state index in [9.17, 15) is 9.18 Å². The van der Waals surface area contributed by atoms with Gasteiger partial charge in [0.15, 0.2) is 0 Å². The highest BCUT2D eigenvalue weighted by molar-refractivity contribution is 5.90. The number of hydrogen-bond donors (Lipinski definition) is 2. The van der Waals surface area contributed by atoms with Gasteiger partial charge in [0.2, 0.25) is 5.91 Å². The molecule has 22 heavy (non-hydrogen) atoms. The van der Waals surface area contributed by atoms with Gasteiger partial charge in [0.1, 0.15) is 5.82 Å². The van der Waals surface area contributed by atoms with Gasteiger partial charge in [0.05, 0.1) is 0 Å². The number of benzene rings is 2. The van der Waals surface area contributed by atoms with Crippen LogP contribution in [0.1, 0.15) is 6.42 Å². The molecule has 0 aliphatic carbocycles. The molecule has 2 rings (SSSR count). The predicted octanol–water partition coefficient (Wildman–Crippen LogP) is 3.33. The van der Waals surface area contributed by atoms with Gasteiger partial charge in [-0.1, -0.05) is 0 Å². The Morgan fingerprint density at radius 2 is 1.59 bits per heavy atom. The summed E-state index contributed by atoms with van der Waals surface area (Å²) in [6, 6.07) is 13.7. The Bertz CT molecular complexity index is 609. The number of nitrogens with zero attached hydrogens (tertiary/aromatic N) is 1. The monoisotopic (exact) mass is 301 g/mol. The van der Waals surface area contributed by atoms with E-state index in [1.807, 2.05) is 43.3 Å². The van der Waals surface area contributed by atoms with Crippen molar-refractivity contribution in [1.29, 1.82) is 0 Å². The Balaban J connectivity index is 1.75. The quantitative estimate of drug-likeness (QED) is 0.860. The number of anilines is 3. The Kier molecular flexibility index (Phi) is 5.36. The lowest BCUT2D eigenvalue weighted by Crippen LogP contribution is -2.16. The third-order valence-electron chi connectivity index (χ3n) is 3.19. The van der Waals surface area contributed by atoms with Crippen LogP contribution in [0.3, 0.4) is 0 Å². The summed E-state index contributed by atoms with van der Waals surface area (Å²) in [5.74, 6) is -0.426. The fourth-order valence-electron chi connectivity index (χ4n) is 1.95. The topological polar surface area (TPSA) is 44.4 Å². The van der Waals surface area contributed by atoms with Crippen LogP contribution in [0.2, 0.25) is 0 Å². The third-order valence-corrected chi connectivity index (χ3v) is 3.19. The normalized spacial score (nSPS) is 10.1. The first-order valence-electron chi connectivity index (χ1n) is 7.11. The molecule has 0 aliphatic rings. The van der Waals surface area contributed by atoms with Crippen molar-refractivity contribution in [2.75, 3.05) is 36.2 Å². The van der Waals surface area contributed by atoms with E-state index in [0.29, 0.717) is 18.7 Å². The smallest absolute Gasteiger partial charge is 0.226 e. The number of halogens is 1. The van der Waals surface area contributed by atoms with E-state index in [1.165, 1.54) is 12.1 Å². The summed E-state index contributed by atoms with van der Waals surface area (Å²) in [7, 11) is 3.98. The van der Waals surface area contributed by atoms with Crippen LogP contribution >= 0.6 is 0 Å². The molecule has 4 nitrogen and oxygen atoms in total. The summed E-state index contributed by atoms with van der Waals surface area (Å²) >= 11 is 0. The van der Waals surface area contributed by atoms with Crippen LogP contribution in [-0.4, -0.2) is 26.5 Å². The molecule has 0 bridgehead atoms. The molecule has 0 fully saturated rings. The molecule has 116 valence electrons. The van der Waals surface area contributed by atoms with E-state index in [-0.39, 0.29) is 11.7 Å². The molecule has 0 aliphatic heterocycles. The minimum atomic E-state index is -0.319. The zero-order valence-corrected chi connectivity index (χ0v) is 12.8. The number of amides is 1. The first kappa shape index (κ1) is 15.8. The van der Waals surface area contributed by atoms with Crippen LogP contribution in [0.15, 0.2) is 48.5 Å². The maximum atomic E-state index is 12.8. The Morgan fingerprint density at radius 3 is 2.18 bits per heavy atom. The third kappa shape index (κ3) is 4.77. The lowest BCUT2D eigenvalue weighted by molar-refractivity contribution is -0.115. The molecule has 2 N–H and O–H groups in total.